The van der Waals surface area contributed by atoms with Gasteiger partial charge in [-0.2, -0.15) is 0 Å². The van der Waals surface area contributed by atoms with Crippen LogP contribution in [0.2, 0.25) is 0 Å². The van der Waals surface area contributed by atoms with Crippen LogP contribution in [-0.2, 0) is 47.6 Å². The van der Waals surface area contributed by atoms with Gasteiger partial charge in [0.15, 0.2) is 0 Å². The first kappa shape index (κ1) is 63.2. The van der Waals surface area contributed by atoms with Gasteiger partial charge in [-0.25, -0.2) is 0 Å². The van der Waals surface area contributed by atoms with Crippen LogP contribution < -0.4 is 0 Å². The Labute approximate surface area is 253 Å². The van der Waals surface area contributed by atoms with Gasteiger partial charge in [0.25, 0.3) is 0 Å². The molecule has 0 aromatic carbocycles. The Morgan fingerprint density at radius 3 is 0.364 bits per heavy atom. The van der Waals surface area contributed by atoms with E-state index in [2.05, 4.69) is 0 Å². The summed E-state index contributed by atoms with van der Waals surface area (Å²) in [5.74, 6) is 0. The largest absolute Gasteiger partial charge is 3.00 e. The van der Waals surface area contributed by atoms with E-state index in [9.17, 15) is 0 Å². The Bertz CT molecular complexity index is 348. The first-order chi connectivity index (χ1) is 6.00. The molecule has 15 nitrogen and oxygen atoms in total. The summed E-state index contributed by atoms with van der Waals surface area (Å²) >= 11 is 0. The van der Waals surface area contributed by atoms with Gasteiger partial charge in [-0.3, -0.25) is 25.3 Å². The molecule has 0 saturated carbocycles. The molecule has 0 bridgehead atoms. The minimum atomic E-state index is -5.17. The van der Waals surface area contributed by atoms with Crippen molar-refractivity contribution >= 4 is 31.2 Å². The first-order valence-electron chi connectivity index (χ1n) is 2.00. The van der Waals surface area contributed by atoms with Crippen molar-refractivity contribution in [1.29, 1.82) is 0 Å². The molecule has 0 aliphatic heterocycles. The zero-order chi connectivity index (χ0) is 13.5. The second kappa shape index (κ2) is 30.5. The quantitative estimate of drug-likeness (QED) is 0.164. The summed E-state index contributed by atoms with van der Waals surface area (Å²) in [7, 11) is -15.5. The van der Waals surface area contributed by atoms with Crippen molar-refractivity contribution in [1.82, 2.24) is 0 Å². The molecule has 0 heterocycles. The Hall–Kier alpha value is 4.79. The Morgan fingerprint density at radius 1 is 0.364 bits per heavy atom. The number of hydrogen-bond acceptors (Lipinski definition) is 12. The molecular formula is Gd4O15S3. The van der Waals surface area contributed by atoms with Gasteiger partial charge in [0.2, 0.25) is 0 Å². The van der Waals surface area contributed by atoms with E-state index in [1.807, 2.05) is 0 Å². The van der Waals surface area contributed by atoms with Gasteiger partial charge in [-0.1, -0.05) is 0 Å². The van der Waals surface area contributed by atoms with Gasteiger partial charge in [-0.15, -0.1) is 0 Å². The van der Waals surface area contributed by atoms with E-state index in [0.717, 1.165) is 0 Å². The number of rotatable bonds is 0. The maximum absolute atomic E-state index is 8.52. The van der Waals surface area contributed by atoms with Crippen LogP contribution in [0.15, 0.2) is 0 Å². The van der Waals surface area contributed by atoms with E-state index in [0.29, 0.717) is 0 Å². The second-order valence-electron chi connectivity index (χ2n) is 1.22. The number of hydrogen-bond donors (Lipinski definition) is 0. The molecule has 0 atom stereocenters. The Morgan fingerprint density at radius 2 is 0.364 bits per heavy atom. The van der Waals surface area contributed by atoms with E-state index >= 15 is 0 Å². The van der Waals surface area contributed by atoms with Crippen molar-refractivity contribution in [3.05, 3.63) is 0 Å². The van der Waals surface area contributed by atoms with E-state index in [-0.39, 0.29) is 176 Å². The fourth-order valence-electron chi connectivity index (χ4n) is 0. The zero-order valence-corrected chi connectivity index (χ0v) is 20.3. The van der Waals surface area contributed by atoms with Crippen LogP contribution in [0.1, 0.15) is 0 Å². The maximum Gasteiger partial charge on any atom is 3.00 e. The molecule has 22 heteroatoms. The fourth-order valence-corrected chi connectivity index (χ4v) is 0. The van der Waals surface area contributed by atoms with Crippen LogP contribution in [0.3, 0.4) is 0 Å². The molecule has 0 spiro atoms. The molecule has 0 N–H and O–H groups in total. The summed E-state index contributed by atoms with van der Waals surface area (Å²) in [4.78, 5) is 0. The molecule has 0 aliphatic rings. The zero-order valence-electron chi connectivity index (χ0n) is 8.76. The third-order valence-corrected chi connectivity index (χ3v) is 0. The topological polar surface area (TPSA) is 326 Å². The molecule has 0 aliphatic carbocycles. The maximum atomic E-state index is 8.52. The van der Waals surface area contributed by atoms with E-state index in [4.69, 9.17) is 52.6 Å². The molecule has 22 heavy (non-hydrogen) atoms. The molecule has 0 aromatic rings. The monoisotopic (exact) mass is 968 g/mol. The summed E-state index contributed by atoms with van der Waals surface area (Å²) < 4.78 is 102. The van der Waals surface area contributed by atoms with Crippen molar-refractivity contribution in [3.63, 3.8) is 0 Å². The van der Waals surface area contributed by atoms with Crippen LogP contribution in [0, 0.1) is 160 Å². The summed E-state index contributed by atoms with van der Waals surface area (Å²) in [6.45, 7) is 0. The molecule has 0 aromatic heterocycles. The van der Waals surface area contributed by atoms with Crippen molar-refractivity contribution in [2.75, 3.05) is 0 Å². The molecule has 0 amide bonds. The summed E-state index contributed by atoms with van der Waals surface area (Å²) in [5.41, 5.74) is 0. The molecule has 0 rings (SSSR count). The van der Waals surface area contributed by atoms with Gasteiger partial charge in [-0.05, 0) is 0 Å². The predicted octanol–water partition coefficient (Wildman–Crippen LogP) is -4.37. The standard InChI is InChI=1S/4Gd.3H2O4S.3O/c;;;;3*1-5(2,3)4;;;/h;;;;3*(H2,1,2,3,4);;;/q4*+3;;;;3*-2/p-6. The third-order valence-electron chi connectivity index (χ3n) is 0. The van der Waals surface area contributed by atoms with Crippen LogP contribution >= 0.6 is 0 Å². The average molecular weight is 965 g/mol. The molecule has 0 unspecified atom stereocenters. The van der Waals surface area contributed by atoms with Crippen LogP contribution in [0.5, 0.6) is 0 Å². The molecule has 4 radical (unpaired) electrons. The van der Waals surface area contributed by atoms with E-state index in [1.165, 1.54) is 0 Å². The third kappa shape index (κ3) is 612. The average Bonchev–Trinajstić information content (AvgIpc) is 1.41. The van der Waals surface area contributed by atoms with Gasteiger partial charge in [0.1, 0.15) is 0 Å². The van der Waals surface area contributed by atoms with Gasteiger partial charge >= 0.3 is 160 Å². The Kier molecular flexibility index (Phi) is 87.7. The molecule has 0 fully saturated rings. The summed E-state index contributed by atoms with van der Waals surface area (Å²) in [6, 6.07) is 0. The molecule has 140 valence electrons. The fraction of sp³-hybridized carbons (Fsp3) is 0. The molecular weight excluding hydrogens is 965 g/mol. The van der Waals surface area contributed by atoms with Crippen LogP contribution in [0.4, 0.5) is 0 Å². The van der Waals surface area contributed by atoms with Gasteiger partial charge < -0.3 is 43.7 Å². The van der Waals surface area contributed by atoms with Crippen molar-refractivity contribution < 1.29 is 229 Å². The second-order valence-corrected chi connectivity index (χ2v) is 3.67. The van der Waals surface area contributed by atoms with Crippen molar-refractivity contribution in [2.24, 2.45) is 0 Å². The normalized spacial score (nSPS) is 7.91. The van der Waals surface area contributed by atoms with Crippen LogP contribution in [0.25, 0.3) is 0 Å². The van der Waals surface area contributed by atoms with Gasteiger partial charge in [0.05, 0.1) is 0 Å². The minimum absolute atomic E-state index is 0. The smallest absolute Gasteiger partial charge is 2.00 e. The Balaban J connectivity index is -0.0000000106. The van der Waals surface area contributed by atoms with E-state index in [1.54, 1.807) is 0 Å². The van der Waals surface area contributed by atoms with Crippen molar-refractivity contribution in [3.8, 4) is 0 Å². The molecule has 0 saturated heterocycles. The minimum Gasteiger partial charge on any atom is -2.00 e. The summed E-state index contributed by atoms with van der Waals surface area (Å²) in [5, 5.41) is 0. The van der Waals surface area contributed by atoms with Crippen molar-refractivity contribution in [2.45, 2.75) is 0 Å². The van der Waals surface area contributed by atoms with Crippen LogP contribution in [-0.4, -0.2) is 52.6 Å². The summed E-state index contributed by atoms with van der Waals surface area (Å²) in [6.07, 6.45) is 0. The SMILES string of the molecule is O=S(=O)([O-])[O-].O=S(=O)([O-])[O-].O=S(=O)([O-])[O-].[Gd+3].[Gd+3].[Gd+3].[Gd+3].[O-2].[O-2].[O-2]. The first-order valence-corrected chi connectivity index (χ1v) is 6.00. The van der Waals surface area contributed by atoms with E-state index < -0.39 is 31.2 Å². The predicted molar refractivity (Wildman–Crippen MR) is 33.5 cm³/mol. The van der Waals surface area contributed by atoms with Gasteiger partial charge in [0, 0.05) is 31.2 Å².